The van der Waals surface area contributed by atoms with Gasteiger partial charge in [0.15, 0.2) is 0 Å². The van der Waals surface area contributed by atoms with E-state index >= 15 is 0 Å². The minimum Gasteiger partial charge on any atom is -0.368 e. The Balaban J connectivity index is 1.44. The molecule has 2 aliphatic rings. The van der Waals surface area contributed by atoms with Crippen LogP contribution in [-0.2, 0) is 12.8 Å². The van der Waals surface area contributed by atoms with Crippen LogP contribution in [0.15, 0.2) is 29.6 Å². The highest BCUT2D eigenvalue weighted by Gasteiger charge is 2.26. The lowest BCUT2D eigenvalue weighted by Crippen LogP contribution is -2.49. The molecule has 1 aliphatic heterocycles. The van der Waals surface area contributed by atoms with E-state index in [1.165, 1.54) is 34.5 Å². The molecule has 1 aromatic heterocycles. The molecule has 0 N–H and O–H groups in total. The lowest BCUT2D eigenvalue weighted by molar-refractivity contribution is 0.0746. The van der Waals surface area contributed by atoms with Gasteiger partial charge in [0.25, 0.3) is 5.91 Å². The molecule has 1 fully saturated rings. The Morgan fingerprint density at radius 2 is 1.88 bits per heavy atom. The summed E-state index contributed by atoms with van der Waals surface area (Å²) in [5.74, 6) is 0.248. The number of nitrogens with zero attached hydrogens (tertiary/aromatic N) is 2. The van der Waals surface area contributed by atoms with Crippen LogP contribution >= 0.6 is 11.3 Å². The average Bonchev–Trinajstić information content (AvgIpc) is 3.05. The molecule has 0 atom stereocenters. The minimum atomic E-state index is 0.248. The van der Waals surface area contributed by atoms with Gasteiger partial charge in [-0.2, -0.15) is 0 Å². The molecule has 4 rings (SSSR count). The number of thiophene rings is 1. The molecule has 2 aromatic rings. The van der Waals surface area contributed by atoms with Gasteiger partial charge in [-0.1, -0.05) is 12.1 Å². The number of hydrogen-bond donors (Lipinski definition) is 0. The average molecular weight is 340 g/mol. The van der Waals surface area contributed by atoms with E-state index in [2.05, 4.69) is 41.5 Å². The monoisotopic (exact) mass is 340 g/mol. The summed E-state index contributed by atoms with van der Waals surface area (Å²) >= 11 is 1.79. The Bertz CT molecular complexity index is 744. The molecule has 0 radical (unpaired) electrons. The van der Waals surface area contributed by atoms with Crippen molar-refractivity contribution in [1.29, 1.82) is 0 Å². The van der Waals surface area contributed by atoms with E-state index in [1.807, 2.05) is 4.90 Å². The van der Waals surface area contributed by atoms with E-state index in [-0.39, 0.29) is 5.91 Å². The predicted octanol–water partition coefficient (Wildman–Crippen LogP) is 3.90. The highest BCUT2D eigenvalue weighted by atomic mass is 32.1. The van der Waals surface area contributed by atoms with Crippen molar-refractivity contribution in [1.82, 2.24) is 4.90 Å². The van der Waals surface area contributed by atoms with Gasteiger partial charge >= 0.3 is 0 Å². The minimum absolute atomic E-state index is 0.248. The number of hydrogen-bond acceptors (Lipinski definition) is 3. The van der Waals surface area contributed by atoms with Crippen LogP contribution in [0.1, 0.15) is 39.2 Å². The highest BCUT2D eigenvalue weighted by Crippen LogP contribution is 2.31. The van der Waals surface area contributed by atoms with Crippen molar-refractivity contribution in [3.8, 4) is 0 Å². The molecule has 126 valence electrons. The SMILES string of the molecule is Cc1cccc(N2CCN(C(=O)c3csc4c3CCCC4)CC2)c1. The molecule has 0 unspecified atom stereocenters. The van der Waals surface area contributed by atoms with Crippen LogP contribution in [0.3, 0.4) is 0 Å². The summed E-state index contributed by atoms with van der Waals surface area (Å²) in [5, 5.41) is 2.10. The maximum atomic E-state index is 12.9. The van der Waals surface area contributed by atoms with E-state index < -0.39 is 0 Å². The molecule has 4 heteroatoms. The summed E-state index contributed by atoms with van der Waals surface area (Å²) in [4.78, 5) is 18.8. The van der Waals surface area contributed by atoms with E-state index in [4.69, 9.17) is 0 Å². The number of fused-ring (bicyclic) bond motifs is 1. The van der Waals surface area contributed by atoms with E-state index in [0.29, 0.717) is 0 Å². The van der Waals surface area contributed by atoms with E-state index in [1.54, 1.807) is 11.3 Å². The molecule has 3 nitrogen and oxygen atoms in total. The van der Waals surface area contributed by atoms with Gasteiger partial charge in [-0.3, -0.25) is 4.79 Å². The molecule has 2 heterocycles. The number of carbonyl (C=O) groups is 1. The fourth-order valence-electron chi connectivity index (χ4n) is 3.84. The second-order valence-corrected chi connectivity index (χ2v) is 7.84. The van der Waals surface area contributed by atoms with Gasteiger partial charge in [-0.15, -0.1) is 11.3 Å². The third-order valence-corrected chi connectivity index (χ3v) is 6.31. The lowest BCUT2D eigenvalue weighted by atomic mass is 9.95. The third-order valence-electron chi connectivity index (χ3n) is 5.23. The number of anilines is 1. The second-order valence-electron chi connectivity index (χ2n) is 6.88. The fraction of sp³-hybridized carbons (Fsp3) is 0.450. The smallest absolute Gasteiger partial charge is 0.255 e. The Kier molecular flexibility index (Phi) is 4.31. The topological polar surface area (TPSA) is 23.6 Å². The van der Waals surface area contributed by atoms with Crippen LogP contribution in [0.4, 0.5) is 5.69 Å². The summed E-state index contributed by atoms with van der Waals surface area (Å²) < 4.78 is 0. The van der Waals surface area contributed by atoms with Gasteiger partial charge in [0.1, 0.15) is 0 Å². The van der Waals surface area contributed by atoms with Gasteiger partial charge in [0.05, 0.1) is 5.56 Å². The Morgan fingerprint density at radius 1 is 1.08 bits per heavy atom. The largest absolute Gasteiger partial charge is 0.368 e. The second kappa shape index (κ2) is 6.60. The van der Waals surface area contributed by atoms with Gasteiger partial charge in [-0.25, -0.2) is 0 Å². The zero-order valence-corrected chi connectivity index (χ0v) is 15.1. The summed E-state index contributed by atoms with van der Waals surface area (Å²) in [6.07, 6.45) is 4.75. The zero-order valence-electron chi connectivity index (χ0n) is 14.3. The van der Waals surface area contributed by atoms with Crippen molar-refractivity contribution in [2.45, 2.75) is 32.6 Å². The first-order valence-corrected chi connectivity index (χ1v) is 9.80. The van der Waals surface area contributed by atoms with Gasteiger partial charge in [-0.05, 0) is 55.9 Å². The predicted molar refractivity (Wildman–Crippen MR) is 100 cm³/mol. The van der Waals surface area contributed by atoms with Crippen LogP contribution < -0.4 is 4.90 Å². The molecule has 0 bridgehead atoms. The standard InChI is InChI=1S/C20H24N2OS/c1-15-5-4-6-16(13-15)21-9-11-22(12-10-21)20(23)18-14-24-19-8-3-2-7-17(18)19/h4-6,13-14H,2-3,7-12H2,1H3. The molecule has 1 amide bonds. The van der Waals surface area contributed by atoms with Gasteiger partial charge < -0.3 is 9.80 Å². The first-order chi connectivity index (χ1) is 11.7. The van der Waals surface area contributed by atoms with Gasteiger partial charge in [0.2, 0.25) is 0 Å². The Hall–Kier alpha value is -1.81. The maximum absolute atomic E-state index is 12.9. The molecular formula is C20H24N2OS. The molecule has 1 aliphatic carbocycles. The normalized spacial score (nSPS) is 17.7. The van der Waals surface area contributed by atoms with Crippen molar-refractivity contribution in [2.24, 2.45) is 0 Å². The molecular weight excluding hydrogens is 316 g/mol. The molecule has 0 spiro atoms. The lowest BCUT2D eigenvalue weighted by Gasteiger charge is -2.36. The number of carbonyl (C=O) groups excluding carboxylic acids is 1. The summed E-state index contributed by atoms with van der Waals surface area (Å²) in [7, 11) is 0. The highest BCUT2D eigenvalue weighted by molar-refractivity contribution is 7.10. The Labute approximate surface area is 147 Å². The van der Waals surface area contributed by atoms with Crippen LogP contribution in [0.5, 0.6) is 0 Å². The third kappa shape index (κ3) is 2.95. The van der Waals surface area contributed by atoms with Crippen molar-refractivity contribution < 1.29 is 4.79 Å². The van der Waals surface area contributed by atoms with Crippen LogP contribution in [0.25, 0.3) is 0 Å². The summed E-state index contributed by atoms with van der Waals surface area (Å²) in [6, 6.07) is 8.63. The summed E-state index contributed by atoms with van der Waals surface area (Å²) in [5.41, 5.74) is 4.89. The maximum Gasteiger partial charge on any atom is 0.255 e. The number of amides is 1. The van der Waals surface area contributed by atoms with E-state index in [9.17, 15) is 4.79 Å². The van der Waals surface area contributed by atoms with Crippen LogP contribution in [0, 0.1) is 6.92 Å². The zero-order chi connectivity index (χ0) is 16.5. The van der Waals surface area contributed by atoms with Crippen LogP contribution in [-0.4, -0.2) is 37.0 Å². The van der Waals surface area contributed by atoms with Crippen molar-refractivity contribution >= 4 is 22.9 Å². The van der Waals surface area contributed by atoms with E-state index in [0.717, 1.165) is 44.6 Å². The first-order valence-electron chi connectivity index (χ1n) is 8.92. The molecule has 24 heavy (non-hydrogen) atoms. The first kappa shape index (κ1) is 15.7. The van der Waals surface area contributed by atoms with Crippen molar-refractivity contribution in [3.05, 3.63) is 51.2 Å². The number of rotatable bonds is 2. The van der Waals surface area contributed by atoms with Crippen LogP contribution in [0.2, 0.25) is 0 Å². The quantitative estimate of drug-likeness (QED) is 0.828. The number of benzene rings is 1. The Morgan fingerprint density at radius 3 is 2.67 bits per heavy atom. The number of aryl methyl sites for hydroxylation is 2. The van der Waals surface area contributed by atoms with Gasteiger partial charge in [0, 0.05) is 42.1 Å². The molecule has 0 saturated carbocycles. The van der Waals surface area contributed by atoms with Crippen molar-refractivity contribution in [3.63, 3.8) is 0 Å². The molecule has 1 aromatic carbocycles. The van der Waals surface area contributed by atoms with Crippen molar-refractivity contribution in [2.75, 3.05) is 31.1 Å². The number of piperazine rings is 1. The fourth-order valence-corrected chi connectivity index (χ4v) is 4.96. The molecule has 1 saturated heterocycles. The summed E-state index contributed by atoms with van der Waals surface area (Å²) in [6.45, 7) is 5.60.